The lowest BCUT2D eigenvalue weighted by molar-refractivity contribution is 0.488. The molecule has 1 aromatic carbocycles. The summed E-state index contributed by atoms with van der Waals surface area (Å²) in [6, 6.07) is 6.59. The predicted molar refractivity (Wildman–Crippen MR) is 71.9 cm³/mol. The third kappa shape index (κ3) is 3.97. The average molecular weight is 219 g/mol. The van der Waals surface area contributed by atoms with E-state index in [0.29, 0.717) is 0 Å². The van der Waals surface area contributed by atoms with Crippen molar-refractivity contribution in [3.8, 4) is 0 Å². The first-order valence-corrected chi connectivity index (χ1v) is 6.41. The van der Waals surface area contributed by atoms with Crippen LogP contribution in [0.5, 0.6) is 0 Å². The van der Waals surface area contributed by atoms with Crippen LogP contribution in [0.2, 0.25) is 0 Å². The Morgan fingerprint density at radius 2 is 1.81 bits per heavy atom. The van der Waals surface area contributed by atoms with Crippen LogP contribution < -0.4 is 5.32 Å². The SMILES string of the molecule is CCNCC(C)CCc1c(C)cccc1C. The molecule has 0 fully saturated rings. The van der Waals surface area contributed by atoms with Gasteiger partial charge in [0.15, 0.2) is 0 Å². The Morgan fingerprint density at radius 3 is 2.38 bits per heavy atom. The first kappa shape index (κ1) is 13.2. The zero-order valence-corrected chi connectivity index (χ0v) is 11.1. The molecule has 0 aliphatic carbocycles. The molecule has 0 heterocycles. The monoisotopic (exact) mass is 219 g/mol. The number of hydrogen-bond acceptors (Lipinski definition) is 1. The molecule has 0 amide bonds. The van der Waals surface area contributed by atoms with E-state index in [4.69, 9.17) is 0 Å². The van der Waals surface area contributed by atoms with E-state index < -0.39 is 0 Å². The molecule has 16 heavy (non-hydrogen) atoms. The molecule has 0 saturated heterocycles. The molecular weight excluding hydrogens is 194 g/mol. The van der Waals surface area contributed by atoms with Crippen molar-refractivity contribution in [3.05, 3.63) is 34.9 Å². The third-order valence-corrected chi connectivity index (χ3v) is 3.27. The van der Waals surface area contributed by atoms with Gasteiger partial charge in [0.2, 0.25) is 0 Å². The zero-order valence-electron chi connectivity index (χ0n) is 11.1. The highest BCUT2D eigenvalue weighted by molar-refractivity contribution is 5.33. The van der Waals surface area contributed by atoms with E-state index >= 15 is 0 Å². The van der Waals surface area contributed by atoms with Crippen LogP contribution in [0.4, 0.5) is 0 Å². The Labute approximate surface area is 100 Å². The van der Waals surface area contributed by atoms with Crippen LogP contribution in [0.25, 0.3) is 0 Å². The molecule has 90 valence electrons. The summed E-state index contributed by atoms with van der Waals surface area (Å²) in [5, 5.41) is 3.41. The number of hydrogen-bond donors (Lipinski definition) is 1. The van der Waals surface area contributed by atoms with Gasteiger partial charge in [0.1, 0.15) is 0 Å². The number of rotatable bonds is 6. The fourth-order valence-electron chi connectivity index (χ4n) is 2.13. The van der Waals surface area contributed by atoms with E-state index in [1.54, 1.807) is 5.56 Å². The highest BCUT2D eigenvalue weighted by Gasteiger charge is 2.05. The van der Waals surface area contributed by atoms with Crippen molar-refractivity contribution in [3.63, 3.8) is 0 Å². The van der Waals surface area contributed by atoms with Crippen molar-refractivity contribution < 1.29 is 0 Å². The Hall–Kier alpha value is -0.820. The van der Waals surface area contributed by atoms with E-state index in [1.807, 2.05) is 0 Å². The first-order chi connectivity index (χ1) is 7.65. The minimum absolute atomic E-state index is 0.763. The molecule has 1 unspecified atom stereocenters. The maximum Gasteiger partial charge on any atom is -0.00232 e. The van der Waals surface area contributed by atoms with Gasteiger partial charge in [0.25, 0.3) is 0 Å². The molecule has 1 atom stereocenters. The van der Waals surface area contributed by atoms with Crippen LogP contribution >= 0.6 is 0 Å². The second-order valence-corrected chi connectivity index (χ2v) is 4.82. The molecule has 1 N–H and O–H groups in total. The fourth-order valence-corrected chi connectivity index (χ4v) is 2.13. The molecule has 1 aromatic rings. The van der Waals surface area contributed by atoms with Gasteiger partial charge < -0.3 is 5.32 Å². The molecule has 0 radical (unpaired) electrons. The lowest BCUT2D eigenvalue weighted by Gasteiger charge is -2.14. The molecule has 0 aliphatic rings. The van der Waals surface area contributed by atoms with Crippen LogP contribution in [-0.4, -0.2) is 13.1 Å². The lowest BCUT2D eigenvalue weighted by Crippen LogP contribution is -2.21. The Bertz CT molecular complexity index is 297. The molecule has 0 aliphatic heterocycles. The maximum absolute atomic E-state index is 3.41. The fraction of sp³-hybridized carbons (Fsp3) is 0.600. The topological polar surface area (TPSA) is 12.0 Å². The zero-order chi connectivity index (χ0) is 12.0. The smallest absolute Gasteiger partial charge is 0.00232 e. The number of benzene rings is 1. The van der Waals surface area contributed by atoms with Crippen molar-refractivity contribution in [2.75, 3.05) is 13.1 Å². The molecule has 1 nitrogen and oxygen atoms in total. The molecule has 1 heteroatoms. The molecule has 1 rings (SSSR count). The normalized spacial score (nSPS) is 12.8. The van der Waals surface area contributed by atoms with Gasteiger partial charge in [0.05, 0.1) is 0 Å². The standard InChI is InChI=1S/C15H25N/c1-5-16-11-12(2)9-10-15-13(3)7-6-8-14(15)4/h6-8,12,16H,5,9-11H2,1-4H3. The van der Waals surface area contributed by atoms with Gasteiger partial charge in [-0.05, 0) is 62.4 Å². The second-order valence-electron chi connectivity index (χ2n) is 4.82. The average Bonchev–Trinajstić information content (AvgIpc) is 2.25. The van der Waals surface area contributed by atoms with Crippen molar-refractivity contribution in [1.29, 1.82) is 0 Å². The summed E-state index contributed by atoms with van der Waals surface area (Å²) in [4.78, 5) is 0. The van der Waals surface area contributed by atoms with Gasteiger partial charge in [-0.25, -0.2) is 0 Å². The molecule has 0 spiro atoms. The predicted octanol–water partition coefficient (Wildman–Crippen LogP) is 3.48. The highest BCUT2D eigenvalue weighted by Crippen LogP contribution is 2.17. The molecule has 0 saturated carbocycles. The summed E-state index contributed by atoms with van der Waals surface area (Å²) < 4.78 is 0. The number of aryl methyl sites for hydroxylation is 2. The Kier molecular flexibility index (Phi) is 5.54. The summed E-state index contributed by atoms with van der Waals surface area (Å²) in [7, 11) is 0. The van der Waals surface area contributed by atoms with Gasteiger partial charge in [0, 0.05) is 0 Å². The maximum atomic E-state index is 3.41. The third-order valence-electron chi connectivity index (χ3n) is 3.27. The van der Waals surface area contributed by atoms with Crippen molar-refractivity contribution in [2.24, 2.45) is 5.92 Å². The van der Waals surface area contributed by atoms with Gasteiger partial charge in [-0.3, -0.25) is 0 Å². The highest BCUT2D eigenvalue weighted by atomic mass is 14.8. The first-order valence-electron chi connectivity index (χ1n) is 6.41. The largest absolute Gasteiger partial charge is 0.317 e. The summed E-state index contributed by atoms with van der Waals surface area (Å²) in [6.45, 7) is 11.2. The van der Waals surface area contributed by atoms with Crippen LogP contribution in [0.15, 0.2) is 18.2 Å². The van der Waals surface area contributed by atoms with Crippen molar-refractivity contribution in [2.45, 2.75) is 40.5 Å². The van der Waals surface area contributed by atoms with Gasteiger partial charge in [-0.2, -0.15) is 0 Å². The van der Waals surface area contributed by atoms with E-state index in [9.17, 15) is 0 Å². The minimum Gasteiger partial charge on any atom is -0.317 e. The van der Waals surface area contributed by atoms with Crippen molar-refractivity contribution >= 4 is 0 Å². The lowest BCUT2D eigenvalue weighted by atomic mass is 9.95. The van der Waals surface area contributed by atoms with Crippen LogP contribution in [0.3, 0.4) is 0 Å². The number of nitrogens with one attached hydrogen (secondary N) is 1. The summed E-state index contributed by atoms with van der Waals surface area (Å²) >= 11 is 0. The molecule has 0 bridgehead atoms. The molecule has 0 aromatic heterocycles. The van der Waals surface area contributed by atoms with E-state index in [1.165, 1.54) is 24.0 Å². The van der Waals surface area contributed by atoms with E-state index in [0.717, 1.165) is 19.0 Å². The van der Waals surface area contributed by atoms with E-state index in [2.05, 4.69) is 51.2 Å². The van der Waals surface area contributed by atoms with Crippen LogP contribution in [0.1, 0.15) is 37.0 Å². The van der Waals surface area contributed by atoms with Gasteiger partial charge >= 0.3 is 0 Å². The Balaban J connectivity index is 2.48. The summed E-state index contributed by atoms with van der Waals surface area (Å²) in [5.74, 6) is 0.763. The van der Waals surface area contributed by atoms with E-state index in [-0.39, 0.29) is 0 Å². The minimum atomic E-state index is 0.763. The van der Waals surface area contributed by atoms with Crippen LogP contribution in [-0.2, 0) is 6.42 Å². The van der Waals surface area contributed by atoms with Crippen LogP contribution in [0, 0.1) is 19.8 Å². The van der Waals surface area contributed by atoms with Gasteiger partial charge in [-0.1, -0.05) is 32.0 Å². The van der Waals surface area contributed by atoms with Gasteiger partial charge in [-0.15, -0.1) is 0 Å². The Morgan fingerprint density at radius 1 is 1.19 bits per heavy atom. The summed E-state index contributed by atoms with van der Waals surface area (Å²) in [6.07, 6.45) is 2.49. The second kappa shape index (κ2) is 6.70. The van der Waals surface area contributed by atoms with Crippen molar-refractivity contribution in [1.82, 2.24) is 5.32 Å². The molecular formula is C15H25N. The quantitative estimate of drug-likeness (QED) is 0.772. The summed E-state index contributed by atoms with van der Waals surface area (Å²) in [5.41, 5.74) is 4.43.